The Balaban J connectivity index is 2.02. The van der Waals surface area contributed by atoms with Gasteiger partial charge in [-0.15, -0.1) is 0 Å². The zero-order valence-electron chi connectivity index (χ0n) is 12.3. The predicted octanol–water partition coefficient (Wildman–Crippen LogP) is 2.54. The number of halogens is 2. The number of benzene rings is 1. The van der Waals surface area contributed by atoms with Crippen molar-refractivity contribution in [1.29, 1.82) is 0 Å². The number of hydrogen-bond donors (Lipinski definition) is 2. The van der Waals surface area contributed by atoms with E-state index in [1.54, 1.807) is 0 Å². The van der Waals surface area contributed by atoms with Crippen LogP contribution in [0.5, 0.6) is 0 Å². The summed E-state index contributed by atoms with van der Waals surface area (Å²) in [5, 5.41) is 2.46. The Morgan fingerprint density at radius 1 is 1.41 bits per heavy atom. The van der Waals surface area contributed by atoms with Crippen LogP contribution in [0.1, 0.15) is 41.8 Å². The smallest absolute Gasteiger partial charge is 0.273 e. The Morgan fingerprint density at radius 3 is 2.82 bits per heavy atom. The maximum atomic E-state index is 13.5. The maximum absolute atomic E-state index is 13.5. The fourth-order valence-corrected chi connectivity index (χ4v) is 1.78. The van der Waals surface area contributed by atoms with Gasteiger partial charge in [0.25, 0.3) is 5.91 Å². The van der Waals surface area contributed by atoms with Crippen molar-refractivity contribution in [3.63, 3.8) is 0 Å². The van der Waals surface area contributed by atoms with Crippen LogP contribution < -0.4 is 11.1 Å². The van der Waals surface area contributed by atoms with E-state index in [9.17, 15) is 13.6 Å². The van der Waals surface area contributed by atoms with E-state index in [0.717, 1.165) is 18.2 Å². The highest BCUT2D eigenvalue weighted by Crippen LogP contribution is 2.18. The van der Waals surface area contributed by atoms with Crippen molar-refractivity contribution in [1.82, 2.24) is 10.3 Å². The zero-order chi connectivity index (χ0) is 16.3. The Labute approximate surface area is 126 Å². The van der Waals surface area contributed by atoms with Crippen LogP contribution in [-0.4, -0.2) is 10.9 Å². The van der Waals surface area contributed by atoms with Gasteiger partial charge in [-0.1, -0.05) is 13.8 Å². The molecule has 3 N–H and O–H groups in total. The van der Waals surface area contributed by atoms with E-state index in [1.807, 2.05) is 13.8 Å². The predicted molar refractivity (Wildman–Crippen MR) is 75.8 cm³/mol. The summed E-state index contributed by atoms with van der Waals surface area (Å²) in [6.07, 6.45) is 1.19. The van der Waals surface area contributed by atoms with Gasteiger partial charge >= 0.3 is 0 Å². The molecule has 0 aliphatic carbocycles. The van der Waals surface area contributed by atoms with Crippen LogP contribution in [0.2, 0.25) is 0 Å². The number of oxazole rings is 1. The fraction of sp³-hybridized carbons (Fsp3) is 0.333. The van der Waals surface area contributed by atoms with Crippen molar-refractivity contribution in [3.8, 4) is 0 Å². The van der Waals surface area contributed by atoms with Gasteiger partial charge in [-0.05, 0) is 24.1 Å². The number of hydrogen-bond acceptors (Lipinski definition) is 4. The molecular formula is C15H17F2N3O2. The minimum absolute atomic E-state index is 0.0444. The zero-order valence-corrected chi connectivity index (χ0v) is 12.3. The quantitative estimate of drug-likeness (QED) is 0.889. The van der Waals surface area contributed by atoms with E-state index >= 15 is 0 Å². The van der Waals surface area contributed by atoms with E-state index < -0.39 is 23.6 Å². The molecule has 1 heterocycles. The summed E-state index contributed by atoms with van der Waals surface area (Å²) in [5.74, 6) is -1.34. The van der Waals surface area contributed by atoms with E-state index in [-0.39, 0.29) is 29.6 Å². The van der Waals surface area contributed by atoms with Gasteiger partial charge < -0.3 is 15.5 Å². The highest BCUT2D eigenvalue weighted by atomic mass is 19.1. The van der Waals surface area contributed by atoms with Gasteiger partial charge in [0.15, 0.2) is 5.69 Å². The van der Waals surface area contributed by atoms with Gasteiger partial charge in [-0.3, -0.25) is 4.79 Å². The van der Waals surface area contributed by atoms with Crippen molar-refractivity contribution in [2.75, 3.05) is 0 Å². The van der Waals surface area contributed by atoms with Crippen LogP contribution in [0.25, 0.3) is 0 Å². The van der Waals surface area contributed by atoms with Crippen LogP contribution in [0.15, 0.2) is 28.9 Å². The number of aromatic nitrogens is 1. The van der Waals surface area contributed by atoms with Crippen LogP contribution in [0.3, 0.4) is 0 Å². The van der Waals surface area contributed by atoms with Crippen molar-refractivity contribution in [2.45, 2.75) is 26.4 Å². The molecule has 2 aromatic rings. The van der Waals surface area contributed by atoms with Crippen molar-refractivity contribution < 1.29 is 18.0 Å². The van der Waals surface area contributed by atoms with Gasteiger partial charge in [0.05, 0.1) is 6.04 Å². The molecule has 1 atom stereocenters. The number of nitrogens with zero attached hydrogens (tertiary/aromatic N) is 1. The average Bonchev–Trinajstić information content (AvgIpc) is 2.96. The summed E-state index contributed by atoms with van der Waals surface area (Å²) >= 11 is 0. The summed E-state index contributed by atoms with van der Waals surface area (Å²) < 4.78 is 31.7. The van der Waals surface area contributed by atoms with Crippen LogP contribution in [0, 0.1) is 17.6 Å². The lowest BCUT2D eigenvalue weighted by Crippen LogP contribution is -2.24. The lowest BCUT2D eigenvalue weighted by atomic mass is 10.1. The van der Waals surface area contributed by atoms with Gasteiger partial charge in [-0.25, -0.2) is 13.8 Å². The van der Waals surface area contributed by atoms with E-state index in [1.165, 1.54) is 6.26 Å². The number of nitrogens with two attached hydrogens (primary N) is 1. The summed E-state index contributed by atoms with van der Waals surface area (Å²) in [6.45, 7) is 3.66. The molecule has 0 aliphatic heterocycles. The molecular weight excluding hydrogens is 292 g/mol. The van der Waals surface area contributed by atoms with Gasteiger partial charge in [-0.2, -0.15) is 0 Å². The SMILES string of the molecule is CC(C)C(N)c1nc(C(=O)NCc2cc(F)ccc2F)co1. The van der Waals surface area contributed by atoms with E-state index in [4.69, 9.17) is 10.2 Å². The second-order valence-electron chi connectivity index (χ2n) is 5.26. The molecule has 5 nitrogen and oxygen atoms in total. The average molecular weight is 309 g/mol. The van der Waals surface area contributed by atoms with Crippen molar-refractivity contribution >= 4 is 5.91 Å². The van der Waals surface area contributed by atoms with E-state index in [2.05, 4.69) is 10.3 Å². The molecule has 1 unspecified atom stereocenters. The van der Waals surface area contributed by atoms with Crippen LogP contribution in [-0.2, 0) is 6.54 Å². The van der Waals surface area contributed by atoms with Crippen molar-refractivity contribution in [2.24, 2.45) is 11.7 Å². The van der Waals surface area contributed by atoms with Crippen LogP contribution in [0.4, 0.5) is 8.78 Å². The molecule has 1 aromatic carbocycles. The molecule has 1 aromatic heterocycles. The third-order valence-corrected chi connectivity index (χ3v) is 3.21. The van der Waals surface area contributed by atoms with Gasteiger partial charge in [0.1, 0.15) is 17.9 Å². The third kappa shape index (κ3) is 3.67. The minimum atomic E-state index is -0.593. The molecule has 0 saturated heterocycles. The first-order valence-electron chi connectivity index (χ1n) is 6.81. The maximum Gasteiger partial charge on any atom is 0.273 e. The molecule has 0 spiro atoms. The highest BCUT2D eigenvalue weighted by molar-refractivity contribution is 5.91. The molecule has 0 radical (unpaired) electrons. The standard InChI is InChI=1S/C15H17F2N3O2/c1-8(2)13(18)15-20-12(7-22-15)14(21)19-6-9-5-10(16)3-4-11(9)17/h3-5,7-8,13H,6,18H2,1-2H3,(H,19,21). The summed E-state index contributed by atoms with van der Waals surface area (Å²) in [5.41, 5.74) is 5.97. The van der Waals surface area contributed by atoms with Crippen molar-refractivity contribution in [3.05, 3.63) is 53.2 Å². The summed E-state index contributed by atoms with van der Waals surface area (Å²) in [7, 11) is 0. The third-order valence-electron chi connectivity index (χ3n) is 3.21. The second-order valence-corrected chi connectivity index (χ2v) is 5.26. The number of amides is 1. The largest absolute Gasteiger partial charge is 0.446 e. The number of carbonyl (C=O) groups excluding carboxylic acids is 1. The molecule has 1 amide bonds. The van der Waals surface area contributed by atoms with Crippen LogP contribution >= 0.6 is 0 Å². The Hall–Kier alpha value is -2.28. The first-order valence-corrected chi connectivity index (χ1v) is 6.81. The summed E-state index contributed by atoms with van der Waals surface area (Å²) in [6, 6.07) is 2.63. The Morgan fingerprint density at radius 2 is 2.14 bits per heavy atom. The molecule has 0 saturated carbocycles. The van der Waals surface area contributed by atoms with E-state index in [0.29, 0.717) is 0 Å². The fourth-order valence-electron chi connectivity index (χ4n) is 1.78. The lowest BCUT2D eigenvalue weighted by Gasteiger charge is -2.10. The molecule has 7 heteroatoms. The Kier molecular flexibility index (Phi) is 4.87. The molecule has 0 aliphatic rings. The first kappa shape index (κ1) is 16.1. The van der Waals surface area contributed by atoms with Gasteiger partial charge in [0, 0.05) is 12.1 Å². The molecule has 0 fully saturated rings. The topological polar surface area (TPSA) is 81.1 Å². The Bertz CT molecular complexity index is 671. The minimum Gasteiger partial charge on any atom is -0.446 e. The molecule has 22 heavy (non-hydrogen) atoms. The van der Waals surface area contributed by atoms with Gasteiger partial charge in [0.2, 0.25) is 5.89 Å². The summed E-state index contributed by atoms with van der Waals surface area (Å²) in [4.78, 5) is 15.9. The molecule has 0 bridgehead atoms. The number of nitrogens with one attached hydrogen (secondary N) is 1. The molecule has 118 valence electrons. The highest BCUT2D eigenvalue weighted by Gasteiger charge is 2.19. The second kappa shape index (κ2) is 6.65. The number of carbonyl (C=O) groups is 1. The normalized spacial score (nSPS) is 12.5. The number of rotatable bonds is 5. The molecule has 2 rings (SSSR count). The first-order chi connectivity index (χ1) is 10.4. The lowest BCUT2D eigenvalue weighted by molar-refractivity contribution is 0.0945. The monoisotopic (exact) mass is 309 g/mol.